The lowest BCUT2D eigenvalue weighted by atomic mass is 9.95. The third-order valence-corrected chi connectivity index (χ3v) is 4.18. The minimum Gasteiger partial charge on any atom is -0.373 e. The van der Waals surface area contributed by atoms with E-state index in [2.05, 4.69) is 4.98 Å². The van der Waals surface area contributed by atoms with Crippen molar-refractivity contribution in [3.63, 3.8) is 0 Å². The normalized spacial score (nSPS) is 29.5. The average molecular weight is 265 g/mol. The number of hydrogen-bond acceptors (Lipinski definition) is 3. The lowest BCUT2D eigenvalue weighted by molar-refractivity contribution is 0.0945. The molecule has 0 aliphatic carbocycles. The Kier molecular flexibility index (Phi) is 2.15. The Morgan fingerprint density at radius 2 is 2.16 bits per heavy atom. The predicted molar refractivity (Wildman–Crippen MR) is 65.6 cm³/mol. The minimum absolute atomic E-state index is 0.0346. The molecule has 4 rings (SSSR count). The van der Waals surface area contributed by atoms with Gasteiger partial charge in [-0.1, -0.05) is 0 Å². The van der Waals surface area contributed by atoms with Gasteiger partial charge in [0.2, 0.25) is 5.95 Å². The zero-order valence-electron chi connectivity index (χ0n) is 10.1. The summed E-state index contributed by atoms with van der Waals surface area (Å²) in [4.78, 5) is 4.12. The largest absolute Gasteiger partial charge is 0.373 e. The van der Waals surface area contributed by atoms with E-state index in [-0.39, 0.29) is 29.7 Å². The highest BCUT2D eigenvalue weighted by Gasteiger charge is 2.43. The predicted octanol–water partition coefficient (Wildman–Crippen LogP) is 2.39. The van der Waals surface area contributed by atoms with E-state index in [1.807, 2.05) is 0 Å². The first-order valence-electron chi connectivity index (χ1n) is 6.42. The van der Waals surface area contributed by atoms with Crippen LogP contribution in [0.4, 0.5) is 14.7 Å². The van der Waals surface area contributed by atoms with Crippen LogP contribution in [-0.2, 0) is 4.74 Å². The van der Waals surface area contributed by atoms with E-state index in [9.17, 15) is 8.78 Å². The van der Waals surface area contributed by atoms with Crippen LogP contribution in [0.5, 0.6) is 0 Å². The summed E-state index contributed by atoms with van der Waals surface area (Å²) in [6.07, 6.45) is 3.00. The Balaban J connectivity index is 1.94. The number of halogens is 2. The molecular formula is C13H13F2N3O. The molecule has 2 aliphatic rings. The van der Waals surface area contributed by atoms with Gasteiger partial charge in [0.05, 0.1) is 23.8 Å². The molecule has 2 bridgehead atoms. The quantitative estimate of drug-likeness (QED) is 0.861. The van der Waals surface area contributed by atoms with E-state index in [1.54, 1.807) is 4.57 Å². The van der Waals surface area contributed by atoms with Crippen molar-refractivity contribution in [2.45, 2.75) is 37.5 Å². The molecule has 6 heteroatoms. The molecule has 0 saturated carbocycles. The summed E-state index contributed by atoms with van der Waals surface area (Å²) in [6.45, 7) is 0. The molecule has 4 nitrogen and oxygen atoms in total. The number of nitrogens with zero attached hydrogens (tertiary/aromatic N) is 2. The van der Waals surface area contributed by atoms with Crippen molar-refractivity contribution in [3.8, 4) is 0 Å². The van der Waals surface area contributed by atoms with Crippen LogP contribution in [0.3, 0.4) is 0 Å². The standard InChI is InChI=1S/C13H13F2N3O/c14-7-2-3-8-12(11(7)15)18(13(16)17-8)9-5-6-1-4-10(9)19-6/h2-3,6,9-10H,1,4-5H2,(H2,16,17). The molecule has 3 heterocycles. The SMILES string of the molecule is Nc1nc2ccc(F)c(F)c2n1C1CC2CCC1O2. The molecule has 3 atom stereocenters. The molecule has 2 aliphatic heterocycles. The van der Waals surface area contributed by atoms with Crippen LogP contribution in [0.2, 0.25) is 0 Å². The Hall–Kier alpha value is -1.69. The summed E-state index contributed by atoms with van der Waals surface area (Å²) in [5.41, 5.74) is 6.43. The molecule has 2 aromatic rings. The average Bonchev–Trinajstić information content (AvgIpc) is 3.06. The van der Waals surface area contributed by atoms with Gasteiger partial charge in [-0.3, -0.25) is 0 Å². The number of benzene rings is 1. The van der Waals surface area contributed by atoms with Crippen molar-refractivity contribution in [3.05, 3.63) is 23.8 Å². The lowest BCUT2D eigenvalue weighted by Gasteiger charge is -2.22. The van der Waals surface area contributed by atoms with Gasteiger partial charge in [0.15, 0.2) is 11.6 Å². The fraction of sp³-hybridized carbons (Fsp3) is 0.462. The van der Waals surface area contributed by atoms with Gasteiger partial charge >= 0.3 is 0 Å². The third kappa shape index (κ3) is 1.43. The molecule has 2 fully saturated rings. The Bertz CT molecular complexity index is 669. The summed E-state index contributed by atoms with van der Waals surface area (Å²) in [5, 5.41) is 0. The zero-order chi connectivity index (χ0) is 13.1. The Morgan fingerprint density at radius 3 is 2.84 bits per heavy atom. The monoisotopic (exact) mass is 265 g/mol. The molecule has 1 aromatic carbocycles. The van der Waals surface area contributed by atoms with Crippen molar-refractivity contribution < 1.29 is 13.5 Å². The van der Waals surface area contributed by atoms with Gasteiger partial charge in [-0.25, -0.2) is 13.8 Å². The van der Waals surface area contributed by atoms with Gasteiger partial charge < -0.3 is 15.0 Å². The fourth-order valence-corrected chi connectivity index (χ4v) is 3.36. The van der Waals surface area contributed by atoms with Gasteiger partial charge in [0.1, 0.15) is 5.52 Å². The number of anilines is 1. The number of fused-ring (bicyclic) bond motifs is 3. The van der Waals surface area contributed by atoms with Crippen molar-refractivity contribution in [2.75, 3.05) is 5.73 Å². The maximum atomic E-state index is 14.0. The first-order valence-corrected chi connectivity index (χ1v) is 6.42. The summed E-state index contributed by atoms with van der Waals surface area (Å²) < 4.78 is 34.8. The van der Waals surface area contributed by atoms with Crippen molar-refractivity contribution in [1.29, 1.82) is 0 Å². The van der Waals surface area contributed by atoms with Crippen molar-refractivity contribution in [1.82, 2.24) is 9.55 Å². The van der Waals surface area contributed by atoms with Crippen LogP contribution in [0.1, 0.15) is 25.3 Å². The van der Waals surface area contributed by atoms with Crippen LogP contribution in [-0.4, -0.2) is 21.8 Å². The van der Waals surface area contributed by atoms with Gasteiger partial charge in [-0.15, -0.1) is 0 Å². The molecular weight excluding hydrogens is 252 g/mol. The van der Waals surface area contributed by atoms with Crippen LogP contribution in [0, 0.1) is 11.6 Å². The molecule has 3 unspecified atom stereocenters. The lowest BCUT2D eigenvalue weighted by Crippen LogP contribution is -2.22. The van der Waals surface area contributed by atoms with Crippen LogP contribution in [0.25, 0.3) is 11.0 Å². The summed E-state index contributed by atoms with van der Waals surface area (Å²) in [5.74, 6) is -1.54. The van der Waals surface area contributed by atoms with Crippen LogP contribution in [0.15, 0.2) is 12.1 Å². The first kappa shape index (κ1) is 11.2. The second-order valence-electron chi connectivity index (χ2n) is 5.25. The molecule has 0 amide bonds. The topological polar surface area (TPSA) is 53.1 Å². The number of hydrogen-bond donors (Lipinski definition) is 1. The minimum atomic E-state index is -0.885. The van der Waals surface area contributed by atoms with Gasteiger partial charge in [0, 0.05) is 0 Å². The van der Waals surface area contributed by atoms with Gasteiger partial charge in [0.25, 0.3) is 0 Å². The molecule has 2 N–H and O–H groups in total. The maximum absolute atomic E-state index is 14.0. The van der Waals surface area contributed by atoms with E-state index in [4.69, 9.17) is 10.5 Å². The van der Waals surface area contributed by atoms with E-state index in [0.717, 1.165) is 25.3 Å². The highest BCUT2D eigenvalue weighted by molar-refractivity contribution is 5.79. The number of ether oxygens (including phenoxy) is 1. The highest BCUT2D eigenvalue weighted by Crippen LogP contribution is 2.44. The number of aromatic nitrogens is 2. The molecule has 1 aromatic heterocycles. The number of nitrogens with two attached hydrogens (primary N) is 1. The summed E-state index contributed by atoms with van der Waals surface area (Å²) in [6, 6.07) is 2.49. The Morgan fingerprint density at radius 1 is 1.32 bits per heavy atom. The number of rotatable bonds is 1. The second kappa shape index (κ2) is 3.66. The summed E-state index contributed by atoms with van der Waals surface area (Å²) >= 11 is 0. The number of nitrogen functional groups attached to an aromatic ring is 1. The zero-order valence-corrected chi connectivity index (χ0v) is 10.1. The first-order chi connectivity index (χ1) is 9.15. The number of imidazole rings is 1. The maximum Gasteiger partial charge on any atom is 0.201 e. The molecule has 100 valence electrons. The van der Waals surface area contributed by atoms with E-state index in [0.29, 0.717) is 5.52 Å². The molecule has 0 radical (unpaired) electrons. The fourth-order valence-electron chi connectivity index (χ4n) is 3.36. The van der Waals surface area contributed by atoms with E-state index < -0.39 is 11.6 Å². The van der Waals surface area contributed by atoms with Gasteiger partial charge in [-0.05, 0) is 31.4 Å². The smallest absolute Gasteiger partial charge is 0.201 e. The Labute approximate surface area is 108 Å². The molecule has 19 heavy (non-hydrogen) atoms. The van der Waals surface area contributed by atoms with Crippen LogP contribution < -0.4 is 5.73 Å². The highest BCUT2D eigenvalue weighted by atomic mass is 19.2. The van der Waals surface area contributed by atoms with E-state index in [1.165, 1.54) is 6.07 Å². The molecule has 2 saturated heterocycles. The van der Waals surface area contributed by atoms with Crippen molar-refractivity contribution in [2.24, 2.45) is 0 Å². The van der Waals surface area contributed by atoms with Crippen LogP contribution >= 0.6 is 0 Å². The van der Waals surface area contributed by atoms with Crippen molar-refractivity contribution >= 4 is 17.0 Å². The van der Waals surface area contributed by atoms with Gasteiger partial charge in [-0.2, -0.15) is 0 Å². The van der Waals surface area contributed by atoms with E-state index >= 15 is 0 Å². The summed E-state index contributed by atoms with van der Waals surface area (Å²) in [7, 11) is 0. The molecule has 0 spiro atoms. The second-order valence-corrected chi connectivity index (χ2v) is 5.25. The third-order valence-electron chi connectivity index (χ3n) is 4.18.